The molecule has 2 atom stereocenters. The van der Waals surface area contributed by atoms with Crippen molar-refractivity contribution in [3.63, 3.8) is 0 Å². The van der Waals surface area contributed by atoms with Gasteiger partial charge in [0, 0.05) is 6.04 Å². The molecule has 1 aliphatic rings. The summed E-state index contributed by atoms with van der Waals surface area (Å²) in [5, 5.41) is 10.3. The van der Waals surface area contributed by atoms with Crippen LogP contribution in [0.1, 0.15) is 31.2 Å². The second-order valence-electron chi connectivity index (χ2n) is 4.84. The van der Waals surface area contributed by atoms with Crippen molar-refractivity contribution in [3.8, 4) is 0 Å². The van der Waals surface area contributed by atoms with Crippen LogP contribution in [0.5, 0.6) is 0 Å². The minimum Gasteiger partial charge on any atom is -0.459 e. The molecule has 0 spiro atoms. The summed E-state index contributed by atoms with van der Waals surface area (Å²) in [5.74, 6) is -0.599. The zero-order valence-corrected chi connectivity index (χ0v) is 10.3. The van der Waals surface area contributed by atoms with E-state index in [9.17, 15) is 9.90 Å². The molecule has 1 aromatic carbocycles. The van der Waals surface area contributed by atoms with Crippen molar-refractivity contribution < 1.29 is 14.6 Å². The first-order valence-corrected chi connectivity index (χ1v) is 6.32. The number of hydrogen-bond donors (Lipinski definition) is 2. The Morgan fingerprint density at radius 2 is 2.11 bits per heavy atom. The Labute approximate surface area is 107 Å². The van der Waals surface area contributed by atoms with Gasteiger partial charge in [0.2, 0.25) is 0 Å². The van der Waals surface area contributed by atoms with Gasteiger partial charge in [0.25, 0.3) is 0 Å². The number of carbonyl (C=O) groups is 1. The summed E-state index contributed by atoms with van der Waals surface area (Å²) < 4.78 is 5.17. The summed E-state index contributed by atoms with van der Waals surface area (Å²) >= 11 is 0. The van der Waals surface area contributed by atoms with Gasteiger partial charge in [-0.05, 0) is 24.8 Å². The van der Waals surface area contributed by atoms with Crippen molar-refractivity contribution in [2.24, 2.45) is 5.73 Å². The van der Waals surface area contributed by atoms with Gasteiger partial charge >= 0.3 is 5.97 Å². The van der Waals surface area contributed by atoms with Gasteiger partial charge in [-0.2, -0.15) is 0 Å². The second-order valence-corrected chi connectivity index (χ2v) is 4.84. The third-order valence-corrected chi connectivity index (χ3v) is 3.50. The SMILES string of the molecule is N[C@@H]1CCCC[C@]1(O)C(=O)OCc1ccccc1. The zero-order chi connectivity index (χ0) is 13.0. The third-order valence-electron chi connectivity index (χ3n) is 3.50. The molecule has 0 bridgehead atoms. The molecule has 0 amide bonds. The van der Waals surface area contributed by atoms with Gasteiger partial charge in [0.15, 0.2) is 5.60 Å². The van der Waals surface area contributed by atoms with Crippen molar-refractivity contribution in [1.82, 2.24) is 0 Å². The van der Waals surface area contributed by atoms with Crippen LogP contribution >= 0.6 is 0 Å². The Hall–Kier alpha value is -1.39. The molecular weight excluding hydrogens is 230 g/mol. The highest BCUT2D eigenvalue weighted by atomic mass is 16.5. The van der Waals surface area contributed by atoms with E-state index < -0.39 is 17.6 Å². The van der Waals surface area contributed by atoms with Crippen LogP contribution in [0.4, 0.5) is 0 Å². The molecule has 98 valence electrons. The highest BCUT2D eigenvalue weighted by molar-refractivity contribution is 5.80. The van der Waals surface area contributed by atoms with E-state index in [2.05, 4.69) is 0 Å². The van der Waals surface area contributed by atoms with E-state index in [1.165, 1.54) is 0 Å². The molecule has 1 fully saturated rings. The topological polar surface area (TPSA) is 72.5 Å². The van der Waals surface area contributed by atoms with Gasteiger partial charge < -0.3 is 15.6 Å². The molecular formula is C14H19NO3. The number of nitrogens with two attached hydrogens (primary N) is 1. The molecule has 1 aliphatic carbocycles. The summed E-state index contributed by atoms with van der Waals surface area (Å²) in [6.07, 6.45) is 2.82. The number of ether oxygens (including phenoxy) is 1. The van der Waals surface area contributed by atoms with Gasteiger partial charge in [-0.15, -0.1) is 0 Å². The monoisotopic (exact) mass is 249 g/mol. The average Bonchev–Trinajstić information content (AvgIpc) is 2.40. The smallest absolute Gasteiger partial charge is 0.340 e. The Kier molecular flexibility index (Phi) is 3.99. The fourth-order valence-electron chi connectivity index (χ4n) is 2.28. The number of rotatable bonds is 3. The van der Waals surface area contributed by atoms with Crippen molar-refractivity contribution in [3.05, 3.63) is 35.9 Å². The van der Waals surface area contributed by atoms with E-state index in [1.807, 2.05) is 30.3 Å². The van der Waals surface area contributed by atoms with E-state index in [0.717, 1.165) is 18.4 Å². The minimum atomic E-state index is -1.51. The Bertz CT molecular complexity index is 407. The number of hydrogen-bond acceptors (Lipinski definition) is 4. The van der Waals surface area contributed by atoms with Gasteiger partial charge in [-0.25, -0.2) is 4.79 Å². The highest BCUT2D eigenvalue weighted by Gasteiger charge is 2.45. The summed E-state index contributed by atoms with van der Waals surface area (Å²) in [7, 11) is 0. The molecule has 4 heteroatoms. The number of benzene rings is 1. The van der Waals surface area contributed by atoms with Crippen LogP contribution in [0.2, 0.25) is 0 Å². The predicted octanol–water partition coefficient (Wildman–Crippen LogP) is 1.36. The number of carbonyl (C=O) groups excluding carboxylic acids is 1. The predicted molar refractivity (Wildman–Crippen MR) is 67.6 cm³/mol. The quantitative estimate of drug-likeness (QED) is 0.793. The van der Waals surface area contributed by atoms with Gasteiger partial charge in [-0.1, -0.05) is 36.8 Å². The van der Waals surface area contributed by atoms with Crippen LogP contribution in [0.25, 0.3) is 0 Å². The van der Waals surface area contributed by atoms with Crippen LogP contribution in [0.15, 0.2) is 30.3 Å². The van der Waals surface area contributed by atoms with E-state index in [1.54, 1.807) is 0 Å². The van der Waals surface area contributed by atoms with E-state index in [4.69, 9.17) is 10.5 Å². The Morgan fingerprint density at radius 1 is 1.39 bits per heavy atom. The molecule has 0 aliphatic heterocycles. The van der Waals surface area contributed by atoms with Gasteiger partial charge in [0.1, 0.15) is 6.61 Å². The molecule has 0 saturated heterocycles. The minimum absolute atomic E-state index is 0.175. The number of aliphatic hydroxyl groups is 1. The maximum absolute atomic E-state index is 12.0. The van der Waals surface area contributed by atoms with Crippen LogP contribution in [0.3, 0.4) is 0 Å². The lowest BCUT2D eigenvalue weighted by atomic mass is 9.81. The molecule has 18 heavy (non-hydrogen) atoms. The van der Waals surface area contributed by atoms with Gasteiger partial charge in [-0.3, -0.25) is 0 Å². The standard InChI is InChI=1S/C14H19NO3/c15-12-8-4-5-9-14(12,17)13(16)18-10-11-6-2-1-3-7-11/h1-3,6-7,12,17H,4-5,8-10,15H2/t12-,14-/m1/s1. The summed E-state index contributed by atoms with van der Waals surface area (Å²) in [5.41, 5.74) is 5.23. The Balaban J connectivity index is 1.95. The molecule has 0 radical (unpaired) electrons. The van der Waals surface area contributed by atoms with E-state index in [0.29, 0.717) is 12.8 Å². The lowest BCUT2D eigenvalue weighted by Gasteiger charge is -2.35. The van der Waals surface area contributed by atoms with E-state index in [-0.39, 0.29) is 6.61 Å². The van der Waals surface area contributed by atoms with Crippen LogP contribution < -0.4 is 5.73 Å². The molecule has 2 rings (SSSR count). The molecule has 0 unspecified atom stereocenters. The summed E-state index contributed by atoms with van der Waals surface area (Å²) in [6.45, 7) is 0.175. The van der Waals surface area contributed by atoms with Crippen LogP contribution in [-0.4, -0.2) is 22.7 Å². The summed E-state index contributed by atoms with van der Waals surface area (Å²) in [6, 6.07) is 8.88. The highest BCUT2D eigenvalue weighted by Crippen LogP contribution is 2.28. The van der Waals surface area contributed by atoms with Crippen LogP contribution in [0, 0.1) is 0 Å². The first-order chi connectivity index (χ1) is 8.63. The van der Waals surface area contributed by atoms with Crippen molar-refractivity contribution in [1.29, 1.82) is 0 Å². The molecule has 0 aromatic heterocycles. The van der Waals surface area contributed by atoms with E-state index >= 15 is 0 Å². The number of esters is 1. The lowest BCUT2D eigenvalue weighted by Crippen LogP contribution is -2.56. The molecule has 0 heterocycles. The van der Waals surface area contributed by atoms with Gasteiger partial charge in [0.05, 0.1) is 0 Å². The largest absolute Gasteiger partial charge is 0.459 e. The molecule has 3 N–H and O–H groups in total. The van der Waals surface area contributed by atoms with Crippen molar-refractivity contribution in [2.75, 3.05) is 0 Å². The lowest BCUT2D eigenvalue weighted by molar-refractivity contribution is -0.172. The molecule has 4 nitrogen and oxygen atoms in total. The molecule has 1 saturated carbocycles. The fourth-order valence-corrected chi connectivity index (χ4v) is 2.28. The Morgan fingerprint density at radius 3 is 2.78 bits per heavy atom. The first kappa shape index (κ1) is 13.1. The zero-order valence-electron chi connectivity index (χ0n) is 10.3. The maximum atomic E-state index is 12.0. The van der Waals surface area contributed by atoms with Crippen molar-refractivity contribution in [2.45, 2.75) is 43.9 Å². The normalized spacial score (nSPS) is 27.8. The summed E-state index contributed by atoms with van der Waals surface area (Å²) in [4.78, 5) is 12.0. The molecule has 1 aromatic rings. The van der Waals surface area contributed by atoms with Crippen LogP contribution in [-0.2, 0) is 16.1 Å². The second kappa shape index (κ2) is 5.50. The average molecular weight is 249 g/mol. The van der Waals surface area contributed by atoms with Crippen molar-refractivity contribution >= 4 is 5.97 Å². The maximum Gasteiger partial charge on any atom is 0.340 e. The first-order valence-electron chi connectivity index (χ1n) is 6.32. The third kappa shape index (κ3) is 2.71. The fraction of sp³-hybridized carbons (Fsp3) is 0.500.